The molecule has 1 aromatic heterocycles. The highest BCUT2D eigenvalue weighted by molar-refractivity contribution is 5.48. The number of alkyl halides is 3. The van der Waals surface area contributed by atoms with Crippen molar-refractivity contribution in [2.45, 2.75) is 59.2 Å². The van der Waals surface area contributed by atoms with E-state index in [9.17, 15) is 13.2 Å². The van der Waals surface area contributed by atoms with E-state index in [1.165, 1.54) is 0 Å². The van der Waals surface area contributed by atoms with Gasteiger partial charge in [0.2, 0.25) is 5.88 Å². The molecule has 21 heavy (non-hydrogen) atoms. The third kappa shape index (κ3) is 4.75. The van der Waals surface area contributed by atoms with Gasteiger partial charge in [-0.25, -0.2) is 4.98 Å². The molecule has 1 unspecified atom stereocenters. The molecular weight excluding hydrogens is 283 g/mol. The van der Waals surface area contributed by atoms with Crippen LogP contribution in [0.5, 0.6) is 5.88 Å². The summed E-state index contributed by atoms with van der Waals surface area (Å²) in [5.74, 6) is 0.969. The number of hydrogen-bond acceptors (Lipinski definition) is 4. The number of halogens is 3. The van der Waals surface area contributed by atoms with Gasteiger partial charge in [0.05, 0.1) is 5.56 Å². The molecule has 120 valence electrons. The average molecular weight is 305 g/mol. The van der Waals surface area contributed by atoms with E-state index in [0.717, 1.165) is 13.3 Å². The van der Waals surface area contributed by atoms with Crippen LogP contribution in [0.3, 0.4) is 0 Å². The number of nitrogens with one attached hydrogen (secondary N) is 1. The van der Waals surface area contributed by atoms with Gasteiger partial charge >= 0.3 is 6.18 Å². The fourth-order valence-corrected chi connectivity index (χ4v) is 1.54. The zero-order valence-corrected chi connectivity index (χ0v) is 13.0. The molecule has 1 N–H and O–H groups in total. The van der Waals surface area contributed by atoms with E-state index in [0.29, 0.717) is 23.8 Å². The number of rotatable bonds is 6. The van der Waals surface area contributed by atoms with Gasteiger partial charge < -0.3 is 10.1 Å². The summed E-state index contributed by atoms with van der Waals surface area (Å²) < 4.78 is 42.9. The quantitative estimate of drug-likeness (QED) is 0.861. The third-order valence-corrected chi connectivity index (χ3v) is 2.93. The Hall–Kier alpha value is -1.53. The summed E-state index contributed by atoms with van der Waals surface area (Å²) >= 11 is 0. The average Bonchev–Trinajstić information content (AvgIpc) is 2.38. The second-order valence-corrected chi connectivity index (χ2v) is 5.24. The summed E-state index contributed by atoms with van der Waals surface area (Å²) in [4.78, 5) is 8.48. The van der Waals surface area contributed by atoms with E-state index < -0.39 is 12.3 Å². The number of ether oxygens (including phenoxy) is 1. The molecule has 0 aliphatic rings. The molecule has 1 heterocycles. The van der Waals surface area contributed by atoms with Gasteiger partial charge in [-0.05, 0) is 20.3 Å². The predicted octanol–water partition coefficient (Wildman–Crippen LogP) is 4.06. The Labute approximate surface area is 123 Å². The van der Waals surface area contributed by atoms with Crippen molar-refractivity contribution in [3.05, 3.63) is 11.4 Å². The lowest BCUT2D eigenvalue weighted by Gasteiger charge is -2.20. The van der Waals surface area contributed by atoms with Gasteiger partial charge in [0.25, 0.3) is 0 Å². The molecule has 0 aromatic carbocycles. The topological polar surface area (TPSA) is 47.0 Å². The standard InChI is InChI=1S/C14H22F3N3O/c1-6-7-18-12-9(4)13(20-11(19-12)8(2)3)21-10(5)14(15,16)17/h8,10H,6-7H2,1-5H3,(H,18,19,20). The Morgan fingerprint density at radius 2 is 1.81 bits per heavy atom. The fourth-order valence-electron chi connectivity index (χ4n) is 1.54. The minimum atomic E-state index is -4.42. The van der Waals surface area contributed by atoms with Gasteiger partial charge in [0.15, 0.2) is 6.10 Å². The Balaban J connectivity index is 3.14. The lowest BCUT2D eigenvalue weighted by atomic mass is 10.2. The minimum Gasteiger partial charge on any atom is -0.465 e. The maximum atomic E-state index is 12.6. The Morgan fingerprint density at radius 1 is 1.19 bits per heavy atom. The molecule has 7 heteroatoms. The van der Waals surface area contributed by atoms with Crippen LogP contribution < -0.4 is 10.1 Å². The smallest absolute Gasteiger partial charge is 0.425 e. The molecule has 0 spiro atoms. The van der Waals surface area contributed by atoms with Gasteiger partial charge in [0, 0.05) is 12.5 Å². The zero-order chi connectivity index (χ0) is 16.2. The highest BCUT2D eigenvalue weighted by Crippen LogP contribution is 2.29. The molecule has 1 rings (SSSR count). The molecule has 0 fully saturated rings. The molecule has 4 nitrogen and oxygen atoms in total. The normalized spacial score (nSPS) is 13.4. The van der Waals surface area contributed by atoms with E-state index in [1.807, 2.05) is 20.8 Å². The van der Waals surface area contributed by atoms with E-state index in [2.05, 4.69) is 15.3 Å². The Kier molecular flexibility index (Phi) is 5.80. The van der Waals surface area contributed by atoms with Gasteiger partial charge in [-0.1, -0.05) is 20.8 Å². The highest BCUT2D eigenvalue weighted by atomic mass is 19.4. The van der Waals surface area contributed by atoms with Crippen LogP contribution in [0, 0.1) is 6.92 Å². The second kappa shape index (κ2) is 6.95. The van der Waals surface area contributed by atoms with E-state index >= 15 is 0 Å². The largest absolute Gasteiger partial charge is 0.465 e. The molecule has 1 atom stereocenters. The first-order valence-corrected chi connectivity index (χ1v) is 7.02. The van der Waals surface area contributed by atoms with Gasteiger partial charge in [0.1, 0.15) is 11.6 Å². The van der Waals surface area contributed by atoms with Crippen LogP contribution in [-0.4, -0.2) is 28.8 Å². The van der Waals surface area contributed by atoms with Crippen molar-refractivity contribution in [3.63, 3.8) is 0 Å². The molecule has 0 saturated carbocycles. The predicted molar refractivity (Wildman–Crippen MR) is 75.8 cm³/mol. The molecule has 0 saturated heterocycles. The van der Waals surface area contributed by atoms with Crippen molar-refractivity contribution in [3.8, 4) is 5.88 Å². The second-order valence-electron chi connectivity index (χ2n) is 5.24. The first-order chi connectivity index (χ1) is 9.66. The molecular formula is C14H22F3N3O. The Bertz CT molecular complexity index is 475. The van der Waals surface area contributed by atoms with Crippen molar-refractivity contribution < 1.29 is 17.9 Å². The first-order valence-electron chi connectivity index (χ1n) is 7.02. The number of anilines is 1. The van der Waals surface area contributed by atoms with Crippen LogP contribution in [0.2, 0.25) is 0 Å². The summed E-state index contributed by atoms with van der Waals surface area (Å²) in [6.07, 6.45) is -5.45. The van der Waals surface area contributed by atoms with E-state index in [-0.39, 0.29) is 11.8 Å². The van der Waals surface area contributed by atoms with Crippen LogP contribution in [0.1, 0.15) is 51.4 Å². The summed E-state index contributed by atoms with van der Waals surface area (Å²) in [6.45, 7) is 9.06. The van der Waals surface area contributed by atoms with Crippen LogP contribution >= 0.6 is 0 Å². The molecule has 1 aromatic rings. The van der Waals surface area contributed by atoms with Crippen molar-refractivity contribution >= 4 is 5.82 Å². The molecule has 0 amide bonds. The number of nitrogens with zero attached hydrogens (tertiary/aromatic N) is 2. The van der Waals surface area contributed by atoms with Crippen molar-refractivity contribution in [2.75, 3.05) is 11.9 Å². The first kappa shape index (κ1) is 17.5. The summed E-state index contributed by atoms with van der Waals surface area (Å²) in [7, 11) is 0. The summed E-state index contributed by atoms with van der Waals surface area (Å²) in [5, 5.41) is 3.10. The van der Waals surface area contributed by atoms with Gasteiger partial charge in [-0.2, -0.15) is 18.2 Å². The van der Waals surface area contributed by atoms with E-state index in [4.69, 9.17) is 4.74 Å². The van der Waals surface area contributed by atoms with Crippen molar-refractivity contribution in [1.82, 2.24) is 9.97 Å². The summed E-state index contributed by atoms with van der Waals surface area (Å²) in [6, 6.07) is 0. The highest BCUT2D eigenvalue weighted by Gasteiger charge is 2.38. The van der Waals surface area contributed by atoms with Gasteiger partial charge in [-0.3, -0.25) is 0 Å². The van der Waals surface area contributed by atoms with Crippen LogP contribution in [-0.2, 0) is 0 Å². The maximum Gasteiger partial charge on any atom is 0.425 e. The van der Waals surface area contributed by atoms with Crippen molar-refractivity contribution in [2.24, 2.45) is 0 Å². The zero-order valence-electron chi connectivity index (χ0n) is 13.0. The van der Waals surface area contributed by atoms with Crippen LogP contribution in [0.25, 0.3) is 0 Å². The monoisotopic (exact) mass is 305 g/mol. The fraction of sp³-hybridized carbons (Fsp3) is 0.714. The molecule has 0 radical (unpaired) electrons. The number of aromatic nitrogens is 2. The van der Waals surface area contributed by atoms with Gasteiger partial charge in [-0.15, -0.1) is 0 Å². The third-order valence-electron chi connectivity index (χ3n) is 2.93. The SMILES string of the molecule is CCCNc1nc(C(C)C)nc(OC(C)C(F)(F)F)c1C. The molecule has 0 aliphatic carbocycles. The number of hydrogen-bond donors (Lipinski definition) is 1. The molecule has 0 bridgehead atoms. The van der Waals surface area contributed by atoms with Crippen LogP contribution in [0.15, 0.2) is 0 Å². The van der Waals surface area contributed by atoms with Crippen molar-refractivity contribution in [1.29, 1.82) is 0 Å². The van der Waals surface area contributed by atoms with E-state index in [1.54, 1.807) is 6.92 Å². The lowest BCUT2D eigenvalue weighted by molar-refractivity contribution is -0.190. The minimum absolute atomic E-state index is 0.00341. The lowest BCUT2D eigenvalue weighted by Crippen LogP contribution is -2.32. The van der Waals surface area contributed by atoms with Crippen LogP contribution in [0.4, 0.5) is 19.0 Å². The Morgan fingerprint density at radius 3 is 2.29 bits per heavy atom. The maximum absolute atomic E-state index is 12.6. The molecule has 0 aliphatic heterocycles. The summed E-state index contributed by atoms with van der Waals surface area (Å²) in [5.41, 5.74) is 0.490.